The highest BCUT2D eigenvalue weighted by Crippen LogP contribution is 2.52. The lowest BCUT2D eigenvalue weighted by atomic mass is 9.77. The molecule has 2 fully saturated rings. The standard InChI is InChI=1S/C22H18F3N3O3/c23-22(24,25)13-4-3-6-15(10-13)28-12-21-8-7-16(31-21)17(18(21)20(28)30)19(29)27-11-14-5-1-2-9-26-14/h1-10,16-18H,11-12H2,(H,27,29)/t16-,17?,18?,21?/m1/s1. The number of alkyl halides is 3. The summed E-state index contributed by atoms with van der Waals surface area (Å²) in [5, 5.41) is 2.80. The van der Waals surface area contributed by atoms with Gasteiger partial charge in [0.1, 0.15) is 5.60 Å². The van der Waals surface area contributed by atoms with Gasteiger partial charge in [0.05, 0.1) is 42.3 Å². The molecule has 1 aromatic carbocycles. The molecule has 3 aliphatic heterocycles. The maximum atomic E-state index is 13.3. The lowest BCUT2D eigenvalue weighted by Crippen LogP contribution is -2.44. The molecule has 6 nitrogen and oxygen atoms in total. The number of aromatic nitrogens is 1. The zero-order valence-electron chi connectivity index (χ0n) is 16.2. The SMILES string of the molecule is O=C(NCc1ccccn1)C1C2C(=O)N(c3cccc(C(F)(F)F)c3)CC23C=C[C@H]1O3. The predicted molar refractivity (Wildman–Crippen MR) is 104 cm³/mol. The number of nitrogens with zero attached hydrogens (tertiary/aromatic N) is 2. The van der Waals surface area contributed by atoms with Crippen LogP contribution in [0, 0.1) is 11.8 Å². The third kappa shape index (κ3) is 3.20. The Labute approximate surface area is 175 Å². The molecule has 1 aromatic heterocycles. The molecule has 160 valence electrons. The molecule has 31 heavy (non-hydrogen) atoms. The summed E-state index contributed by atoms with van der Waals surface area (Å²) in [6.45, 7) is 0.271. The molecule has 0 aliphatic carbocycles. The molecule has 9 heteroatoms. The molecular formula is C22H18F3N3O3. The highest BCUT2D eigenvalue weighted by molar-refractivity contribution is 6.03. The molecule has 4 heterocycles. The first kappa shape index (κ1) is 19.7. The molecule has 1 spiro atoms. The van der Waals surface area contributed by atoms with E-state index in [2.05, 4.69) is 10.3 Å². The third-order valence-corrected chi connectivity index (χ3v) is 6.06. The Morgan fingerprint density at radius 2 is 2.10 bits per heavy atom. The number of pyridine rings is 1. The largest absolute Gasteiger partial charge is 0.416 e. The number of hydrogen-bond acceptors (Lipinski definition) is 4. The molecule has 3 unspecified atom stereocenters. The highest BCUT2D eigenvalue weighted by atomic mass is 19.4. The number of hydrogen-bond donors (Lipinski definition) is 1. The fourth-order valence-electron chi connectivity index (χ4n) is 4.66. The van der Waals surface area contributed by atoms with E-state index in [1.165, 1.54) is 17.0 Å². The van der Waals surface area contributed by atoms with Crippen LogP contribution in [0.5, 0.6) is 0 Å². The Morgan fingerprint density at radius 1 is 1.26 bits per heavy atom. The fourth-order valence-corrected chi connectivity index (χ4v) is 4.66. The van der Waals surface area contributed by atoms with Crippen molar-refractivity contribution in [3.63, 3.8) is 0 Å². The summed E-state index contributed by atoms with van der Waals surface area (Å²) in [5.41, 5.74) is -1.04. The van der Waals surface area contributed by atoms with Crippen LogP contribution in [0.25, 0.3) is 0 Å². The molecule has 2 aromatic rings. The number of anilines is 1. The fraction of sp³-hybridized carbons (Fsp3) is 0.318. The van der Waals surface area contributed by atoms with Gasteiger partial charge in [-0.25, -0.2) is 0 Å². The van der Waals surface area contributed by atoms with Crippen molar-refractivity contribution in [3.8, 4) is 0 Å². The van der Waals surface area contributed by atoms with Gasteiger partial charge in [-0.05, 0) is 30.3 Å². The predicted octanol–water partition coefficient (Wildman–Crippen LogP) is 2.70. The van der Waals surface area contributed by atoms with E-state index >= 15 is 0 Å². The number of amides is 2. The average Bonchev–Trinajstić information content (AvgIpc) is 3.40. The lowest BCUT2D eigenvalue weighted by molar-refractivity contribution is -0.137. The van der Waals surface area contributed by atoms with Gasteiger partial charge in [0.2, 0.25) is 11.8 Å². The first-order valence-corrected chi connectivity index (χ1v) is 9.82. The molecular weight excluding hydrogens is 411 g/mol. The van der Waals surface area contributed by atoms with Gasteiger partial charge < -0.3 is 15.0 Å². The number of carbonyl (C=O) groups is 2. The van der Waals surface area contributed by atoms with Crippen molar-refractivity contribution < 1.29 is 27.5 Å². The van der Waals surface area contributed by atoms with Crippen LogP contribution in [0.4, 0.5) is 18.9 Å². The van der Waals surface area contributed by atoms with E-state index in [1.54, 1.807) is 36.5 Å². The van der Waals surface area contributed by atoms with E-state index in [-0.39, 0.29) is 24.7 Å². The molecule has 5 rings (SSSR count). The first-order chi connectivity index (χ1) is 14.8. The van der Waals surface area contributed by atoms with Crippen molar-refractivity contribution in [1.29, 1.82) is 0 Å². The zero-order valence-corrected chi connectivity index (χ0v) is 16.2. The van der Waals surface area contributed by atoms with Crippen LogP contribution in [0.3, 0.4) is 0 Å². The monoisotopic (exact) mass is 429 g/mol. The van der Waals surface area contributed by atoms with E-state index in [0.717, 1.165) is 12.1 Å². The van der Waals surface area contributed by atoms with Gasteiger partial charge in [-0.1, -0.05) is 24.3 Å². The number of halogens is 3. The van der Waals surface area contributed by atoms with E-state index in [4.69, 9.17) is 4.74 Å². The van der Waals surface area contributed by atoms with Crippen LogP contribution in [-0.2, 0) is 27.0 Å². The molecule has 2 saturated heterocycles. The summed E-state index contributed by atoms with van der Waals surface area (Å²) in [6, 6.07) is 9.97. The topological polar surface area (TPSA) is 71.5 Å². The molecule has 3 aliphatic rings. The second-order valence-corrected chi connectivity index (χ2v) is 7.91. The molecule has 2 amide bonds. The van der Waals surface area contributed by atoms with E-state index in [1.807, 2.05) is 0 Å². The van der Waals surface area contributed by atoms with Crippen molar-refractivity contribution in [2.75, 3.05) is 11.4 Å². The summed E-state index contributed by atoms with van der Waals surface area (Å²) in [4.78, 5) is 31.7. The summed E-state index contributed by atoms with van der Waals surface area (Å²) >= 11 is 0. The minimum absolute atomic E-state index is 0.0643. The van der Waals surface area contributed by atoms with E-state index < -0.39 is 41.2 Å². The summed E-state index contributed by atoms with van der Waals surface area (Å²) in [6.07, 6.45) is 0.0745. The molecule has 0 radical (unpaired) electrons. The maximum Gasteiger partial charge on any atom is 0.416 e. The van der Waals surface area contributed by atoms with Gasteiger partial charge in [-0.3, -0.25) is 14.6 Å². The zero-order chi connectivity index (χ0) is 21.8. The Balaban J connectivity index is 1.39. The number of nitrogens with one attached hydrogen (secondary N) is 1. The van der Waals surface area contributed by atoms with Gasteiger partial charge in [-0.2, -0.15) is 13.2 Å². The van der Waals surface area contributed by atoms with Crippen molar-refractivity contribution in [2.45, 2.75) is 24.4 Å². The maximum absolute atomic E-state index is 13.3. The van der Waals surface area contributed by atoms with E-state index in [0.29, 0.717) is 5.69 Å². The Kier molecular flexibility index (Phi) is 4.40. The van der Waals surface area contributed by atoms with Crippen molar-refractivity contribution >= 4 is 17.5 Å². The van der Waals surface area contributed by atoms with Crippen LogP contribution in [-0.4, -0.2) is 35.0 Å². The second kappa shape index (κ2) is 6.91. The second-order valence-electron chi connectivity index (χ2n) is 7.91. The van der Waals surface area contributed by atoms with Gasteiger partial charge in [0.25, 0.3) is 0 Å². The number of carbonyl (C=O) groups excluding carboxylic acids is 2. The Hall–Kier alpha value is -3.20. The van der Waals surface area contributed by atoms with Crippen LogP contribution >= 0.6 is 0 Å². The Morgan fingerprint density at radius 3 is 2.84 bits per heavy atom. The van der Waals surface area contributed by atoms with Crippen LogP contribution < -0.4 is 10.2 Å². The quantitative estimate of drug-likeness (QED) is 0.759. The smallest absolute Gasteiger partial charge is 0.360 e. The van der Waals surface area contributed by atoms with Gasteiger partial charge >= 0.3 is 6.18 Å². The number of ether oxygens (including phenoxy) is 1. The van der Waals surface area contributed by atoms with Gasteiger partial charge in [-0.15, -0.1) is 0 Å². The van der Waals surface area contributed by atoms with Crippen molar-refractivity contribution in [3.05, 3.63) is 72.1 Å². The van der Waals surface area contributed by atoms with Crippen LogP contribution in [0.2, 0.25) is 0 Å². The molecule has 2 bridgehead atoms. The van der Waals surface area contributed by atoms with Gasteiger partial charge in [0, 0.05) is 11.9 Å². The van der Waals surface area contributed by atoms with Crippen molar-refractivity contribution in [2.24, 2.45) is 11.8 Å². The summed E-state index contributed by atoms with van der Waals surface area (Å²) in [7, 11) is 0. The minimum Gasteiger partial charge on any atom is -0.360 e. The molecule has 0 saturated carbocycles. The summed E-state index contributed by atoms with van der Waals surface area (Å²) in [5.74, 6) is -2.30. The lowest BCUT2D eigenvalue weighted by Gasteiger charge is -2.23. The van der Waals surface area contributed by atoms with Gasteiger partial charge in [0.15, 0.2) is 0 Å². The Bertz CT molecular complexity index is 1070. The van der Waals surface area contributed by atoms with E-state index in [9.17, 15) is 22.8 Å². The first-order valence-electron chi connectivity index (χ1n) is 9.82. The number of rotatable bonds is 4. The average molecular weight is 429 g/mol. The molecule has 1 N–H and O–H groups in total. The molecule has 4 atom stereocenters. The highest BCUT2D eigenvalue weighted by Gasteiger charge is 2.67. The summed E-state index contributed by atoms with van der Waals surface area (Å²) < 4.78 is 45.4. The third-order valence-electron chi connectivity index (χ3n) is 6.06. The normalized spacial score (nSPS) is 28.8. The minimum atomic E-state index is -4.52. The number of benzene rings is 1. The number of fused-ring (bicyclic) bond motifs is 1. The van der Waals surface area contributed by atoms with Crippen LogP contribution in [0.1, 0.15) is 11.3 Å². The van der Waals surface area contributed by atoms with Crippen molar-refractivity contribution in [1.82, 2.24) is 10.3 Å². The van der Waals surface area contributed by atoms with Crippen LogP contribution in [0.15, 0.2) is 60.8 Å².